The smallest absolute Gasteiger partial charge is 0.319 e. The molecular weight excluding hydrogens is 265 g/mol. The van der Waals surface area contributed by atoms with Gasteiger partial charge in [-0.15, -0.1) is 0 Å². The second-order valence-corrected chi connectivity index (χ2v) is 4.84. The molecule has 20 heavy (non-hydrogen) atoms. The van der Waals surface area contributed by atoms with Crippen molar-refractivity contribution < 1.29 is 19.1 Å². The molecule has 1 fully saturated rings. The molecular formula is C13H16FN3O3. The minimum Gasteiger partial charge on any atom is -0.481 e. The van der Waals surface area contributed by atoms with Gasteiger partial charge in [-0.1, -0.05) is 0 Å². The third-order valence-corrected chi connectivity index (χ3v) is 3.43. The van der Waals surface area contributed by atoms with Gasteiger partial charge in [-0.25, -0.2) is 9.18 Å². The van der Waals surface area contributed by atoms with E-state index in [1.165, 1.54) is 12.3 Å². The van der Waals surface area contributed by atoms with Gasteiger partial charge in [0.1, 0.15) is 0 Å². The van der Waals surface area contributed by atoms with E-state index in [1.807, 2.05) is 0 Å². The maximum atomic E-state index is 13.3. The van der Waals surface area contributed by atoms with Gasteiger partial charge in [-0.05, 0) is 31.7 Å². The molecule has 1 aromatic heterocycles. The number of halogens is 1. The Hall–Kier alpha value is -2.18. The highest BCUT2D eigenvalue weighted by Gasteiger charge is 2.26. The van der Waals surface area contributed by atoms with Gasteiger partial charge in [0.15, 0.2) is 5.82 Å². The molecule has 0 radical (unpaired) electrons. The summed E-state index contributed by atoms with van der Waals surface area (Å²) in [6.07, 6.45) is 4.73. The Balaban J connectivity index is 1.81. The molecule has 1 saturated carbocycles. The average Bonchev–Trinajstić information content (AvgIpc) is 2.42. The van der Waals surface area contributed by atoms with E-state index in [1.54, 1.807) is 0 Å². The first kappa shape index (κ1) is 14.2. The highest BCUT2D eigenvalue weighted by Crippen LogP contribution is 2.24. The summed E-state index contributed by atoms with van der Waals surface area (Å²) in [4.78, 5) is 26.1. The van der Waals surface area contributed by atoms with Crippen LogP contribution >= 0.6 is 0 Å². The molecule has 0 aliphatic heterocycles. The first-order chi connectivity index (χ1) is 9.56. The minimum absolute atomic E-state index is 0.0664. The fourth-order valence-corrected chi connectivity index (χ4v) is 2.31. The molecule has 0 aromatic carbocycles. The molecule has 1 heterocycles. The number of hydrogen-bond acceptors (Lipinski definition) is 3. The van der Waals surface area contributed by atoms with Gasteiger partial charge in [-0.3, -0.25) is 9.78 Å². The number of aromatic nitrogens is 1. The number of rotatable bonds is 3. The second kappa shape index (κ2) is 6.31. The van der Waals surface area contributed by atoms with Crippen LogP contribution in [-0.2, 0) is 4.79 Å². The van der Waals surface area contributed by atoms with E-state index in [2.05, 4.69) is 15.6 Å². The molecule has 1 aliphatic carbocycles. The highest BCUT2D eigenvalue weighted by molar-refractivity contribution is 5.89. The number of nitrogens with one attached hydrogen (secondary N) is 2. The number of carboxylic acids is 1. The van der Waals surface area contributed by atoms with Crippen LogP contribution in [0.1, 0.15) is 25.7 Å². The van der Waals surface area contributed by atoms with Crippen molar-refractivity contribution in [1.29, 1.82) is 0 Å². The summed E-state index contributed by atoms with van der Waals surface area (Å²) in [7, 11) is 0. The quantitative estimate of drug-likeness (QED) is 0.790. The van der Waals surface area contributed by atoms with Crippen LogP contribution in [0.15, 0.2) is 18.5 Å². The van der Waals surface area contributed by atoms with Crippen LogP contribution < -0.4 is 10.6 Å². The lowest BCUT2D eigenvalue weighted by atomic mass is 9.86. The molecule has 6 nitrogen and oxygen atoms in total. The lowest BCUT2D eigenvalue weighted by Gasteiger charge is -2.26. The van der Waals surface area contributed by atoms with Crippen molar-refractivity contribution in [1.82, 2.24) is 10.3 Å². The van der Waals surface area contributed by atoms with Crippen LogP contribution in [0, 0.1) is 11.7 Å². The highest BCUT2D eigenvalue weighted by atomic mass is 19.1. The number of carboxylic acid groups (broad SMARTS) is 1. The monoisotopic (exact) mass is 281 g/mol. The van der Waals surface area contributed by atoms with Crippen molar-refractivity contribution in [2.24, 2.45) is 5.92 Å². The Morgan fingerprint density at radius 3 is 2.60 bits per heavy atom. The molecule has 1 aliphatic rings. The van der Waals surface area contributed by atoms with Gasteiger partial charge in [-0.2, -0.15) is 0 Å². The number of aliphatic carboxylic acids is 1. The maximum Gasteiger partial charge on any atom is 0.319 e. The topological polar surface area (TPSA) is 91.3 Å². The molecule has 1 aromatic rings. The first-order valence-corrected chi connectivity index (χ1v) is 6.46. The number of urea groups is 1. The van der Waals surface area contributed by atoms with Crippen LogP contribution in [0.3, 0.4) is 0 Å². The standard InChI is InChI=1S/C13H16FN3O3/c14-10-7-15-6-5-11(10)17-13(20)16-9-3-1-8(2-4-9)12(18)19/h5-9H,1-4H2,(H,18,19)(H2,15,16,17,20). The lowest BCUT2D eigenvalue weighted by molar-refractivity contribution is -0.142. The van der Waals surface area contributed by atoms with E-state index in [0.717, 1.165) is 6.20 Å². The van der Waals surface area contributed by atoms with E-state index in [9.17, 15) is 14.0 Å². The van der Waals surface area contributed by atoms with Gasteiger partial charge in [0, 0.05) is 12.2 Å². The van der Waals surface area contributed by atoms with Gasteiger partial charge in [0.2, 0.25) is 0 Å². The van der Waals surface area contributed by atoms with Crippen molar-refractivity contribution >= 4 is 17.7 Å². The Morgan fingerprint density at radius 1 is 1.30 bits per heavy atom. The maximum absolute atomic E-state index is 13.3. The third-order valence-electron chi connectivity index (χ3n) is 3.43. The predicted octanol–water partition coefficient (Wildman–Crippen LogP) is 1.99. The normalized spacial score (nSPS) is 22.1. The zero-order valence-electron chi connectivity index (χ0n) is 10.8. The average molecular weight is 281 g/mol. The van der Waals surface area contributed by atoms with Gasteiger partial charge in [0.25, 0.3) is 0 Å². The number of amides is 2. The van der Waals surface area contributed by atoms with Gasteiger partial charge >= 0.3 is 12.0 Å². The summed E-state index contributed by atoms with van der Waals surface area (Å²) in [5, 5.41) is 14.0. The predicted molar refractivity (Wildman–Crippen MR) is 69.7 cm³/mol. The summed E-state index contributed by atoms with van der Waals surface area (Å²) in [5.74, 6) is -1.71. The lowest BCUT2D eigenvalue weighted by Crippen LogP contribution is -2.41. The molecule has 0 unspecified atom stereocenters. The molecule has 108 valence electrons. The zero-order valence-corrected chi connectivity index (χ0v) is 10.8. The Kier molecular flexibility index (Phi) is 4.49. The Morgan fingerprint density at radius 2 is 2.00 bits per heavy atom. The number of pyridine rings is 1. The summed E-state index contributed by atoms with van der Waals surface area (Å²) in [6, 6.07) is 0.806. The first-order valence-electron chi connectivity index (χ1n) is 6.46. The Bertz CT molecular complexity index is 501. The molecule has 0 atom stereocenters. The van der Waals surface area contributed by atoms with Crippen LogP contribution in [0.25, 0.3) is 0 Å². The number of anilines is 1. The number of hydrogen-bond donors (Lipinski definition) is 3. The summed E-state index contributed by atoms with van der Waals surface area (Å²) in [5.41, 5.74) is 0.0664. The Labute approximate surface area is 115 Å². The van der Waals surface area contributed by atoms with Gasteiger partial charge in [0.05, 0.1) is 17.8 Å². The summed E-state index contributed by atoms with van der Waals surface area (Å²) >= 11 is 0. The molecule has 2 rings (SSSR count). The molecule has 0 bridgehead atoms. The molecule has 3 N–H and O–H groups in total. The van der Waals surface area contributed by atoms with Crippen LogP contribution in [0.5, 0.6) is 0 Å². The van der Waals surface area contributed by atoms with Crippen molar-refractivity contribution in [3.63, 3.8) is 0 Å². The summed E-state index contributed by atoms with van der Waals surface area (Å²) in [6.45, 7) is 0. The van der Waals surface area contributed by atoms with Crippen molar-refractivity contribution in [2.45, 2.75) is 31.7 Å². The molecule has 0 spiro atoms. The van der Waals surface area contributed by atoms with E-state index in [-0.39, 0.29) is 17.6 Å². The van der Waals surface area contributed by atoms with Crippen molar-refractivity contribution in [2.75, 3.05) is 5.32 Å². The zero-order chi connectivity index (χ0) is 14.5. The second-order valence-electron chi connectivity index (χ2n) is 4.84. The largest absolute Gasteiger partial charge is 0.481 e. The van der Waals surface area contributed by atoms with E-state index in [0.29, 0.717) is 25.7 Å². The number of nitrogens with zero attached hydrogens (tertiary/aromatic N) is 1. The van der Waals surface area contributed by atoms with Crippen LogP contribution in [-0.4, -0.2) is 28.1 Å². The molecule has 7 heteroatoms. The van der Waals surface area contributed by atoms with Crippen molar-refractivity contribution in [3.05, 3.63) is 24.3 Å². The fourth-order valence-electron chi connectivity index (χ4n) is 2.31. The molecule has 2 amide bonds. The fraction of sp³-hybridized carbons (Fsp3) is 0.462. The van der Waals surface area contributed by atoms with E-state index in [4.69, 9.17) is 5.11 Å². The van der Waals surface area contributed by atoms with Crippen molar-refractivity contribution in [3.8, 4) is 0 Å². The van der Waals surface area contributed by atoms with Gasteiger partial charge < -0.3 is 15.7 Å². The number of carbonyl (C=O) groups excluding carboxylic acids is 1. The van der Waals surface area contributed by atoms with E-state index >= 15 is 0 Å². The van der Waals surface area contributed by atoms with E-state index < -0.39 is 17.8 Å². The third kappa shape index (κ3) is 3.66. The molecule has 0 saturated heterocycles. The number of carbonyl (C=O) groups is 2. The van der Waals surface area contributed by atoms with Crippen LogP contribution in [0.2, 0.25) is 0 Å². The van der Waals surface area contributed by atoms with Crippen LogP contribution in [0.4, 0.5) is 14.9 Å². The minimum atomic E-state index is -0.785. The summed E-state index contributed by atoms with van der Waals surface area (Å²) < 4.78 is 13.3. The SMILES string of the molecule is O=C(Nc1ccncc1F)NC1CCC(C(=O)O)CC1.